The van der Waals surface area contributed by atoms with Crippen LogP contribution >= 0.6 is 0 Å². The van der Waals surface area contributed by atoms with Gasteiger partial charge in [-0.1, -0.05) is 6.07 Å². The lowest BCUT2D eigenvalue weighted by Crippen LogP contribution is -2.33. The number of nitrogens with zero attached hydrogens (tertiary/aromatic N) is 1. The fourth-order valence-electron chi connectivity index (χ4n) is 2.52. The lowest BCUT2D eigenvalue weighted by molar-refractivity contribution is 0.171. The predicted octanol–water partition coefficient (Wildman–Crippen LogP) is 1.57. The number of sulfonamides is 1. The van der Waals surface area contributed by atoms with Gasteiger partial charge < -0.3 is 5.11 Å². The average molecular weight is 283 g/mol. The molecule has 1 aliphatic rings. The van der Waals surface area contributed by atoms with E-state index in [1.165, 1.54) is 23.3 Å². The van der Waals surface area contributed by atoms with Crippen molar-refractivity contribution in [3.63, 3.8) is 0 Å². The van der Waals surface area contributed by atoms with Crippen LogP contribution in [0.2, 0.25) is 0 Å². The van der Waals surface area contributed by atoms with Gasteiger partial charge in [0.25, 0.3) is 0 Å². The molecule has 2 rings (SSSR count). The molecule has 0 spiro atoms. The first-order valence-electron chi connectivity index (χ1n) is 6.67. The number of rotatable bonds is 4. The van der Waals surface area contributed by atoms with Gasteiger partial charge in [-0.25, -0.2) is 8.42 Å². The second kappa shape index (κ2) is 5.61. The molecule has 1 aliphatic carbocycles. The van der Waals surface area contributed by atoms with Crippen LogP contribution in [-0.2, 0) is 22.9 Å². The molecule has 1 atom stereocenters. The summed E-state index contributed by atoms with van der Waals surface area (Å²) in [6, 6.07) is 5.40. The molecule has 0 fully saturated rings. The monoisotopic (exact) mass is 283 g/mol. The number of hydrogen-bond donors (Lipinski definition) is 1. The van der Waals surface area contributed by atoms with Gasteiger partial charge in [0.05, 0.1) is 11.0 Å². The Balaban J connectivity index is 2.30. The van der Waals surface area contributed by atoms with E-state index in [4.69, 9.17) is 0 Å². The van der Waals surface area contributed by atoms with E-state index in [-0.39, 0.29) is 6.54 Å². The molecule has 0 aromatic heterocycles. The van der Waals surface area contributed by atoms with Crippen molar-refractivity contribution in [3.05, 3.63) is 29.3 Å². The third kappa shape index (κ3) is 3.16. The Hall–Kier alpha value is -0.910. The van der Waals surface area contributed by atoms with Crippen LogP contribution in [-0.4, -0.2) is 37.5 Å². The Kier molecular flexibility index (Phi) is 4.28. The van der Waals surface area contributed by atoms with Crippen molar-refractivity contribution in [1.82, 2.24) is 4.31 Å². The van der Waals surface area contributed by atoms with Gasteiger partial charge >= 0.3 is 0 Å². The Labute approximate surface area is 115 Å². The zero-order valence-electron chi connectivity index (χ0n) is 11.5. The van der Waals surface area contributed by atoms with Gasteiger partial charge in [0.2, 0.25) is 10.0 Å². The highest BCUT2D eigenvalue weighted by Gasteiger charge is 2.23. The van der Waals surface area contributed by atoms with Crippen molar-refractivity contribution < 1.29 is 13.5 Å². The number of likely N-dealkylation sites (N-methyl/N-ethyl adjacent to an activating group) is 1. The summed E-state index contributed by atoms with van der Waals surface area (Å²) >= 11 is 0. The number of fused-ring (bicyclic) bond motifs is 1. The minimum Gasteiger partial charge on any atom is -0.392 e. The fourth-order valence-corrected chi connectivity index (χ4v) is 3.82. The summed E-state index contributed by atoms with van der Waals surface area (Å²) < 4.78 is 25.9. The molecular weight excluding hydrogens is 262 g/mol. The predicted molar refractivity (Wildman–Crippen MR) is 74.6 cm³/mol. The standard InChI is InChI=1S/C14H21NO3S/c1-11(16)10-15(2)19(17,18)14-8-7-12-5-3-4-6-13(12)9-14/h7-9,11,16H,3-6,10H2,1-2H3. The number of benzene rings is 1. The van der Waals surface area contributed by atoms with Crippen LogP contribution in [0, 0.1) is 0 Å². The molecule has 19 heavy (non-hydrogen) atoms. The molecular formula is C14H21NO3S. The van der Waals surface area contributed by atoms with E-state index >= 15 is 0 Å². The van der Waals surface area contributed by atoms with E-state index in [0.29, 0.717) is 4.90 Å². The summed E-state index contributed by atoms with van der Waals surface area (Å²) in [6.07, 6.45) is 3.64. The highest BCUT2D eigenvalue weighted by molar-refractivity contribution is 7.89. The second-order valence-corrected chi connectivity index (χ2v) is 7.32. The highest BCUT2D eigenvalue weighted by Crippen LogP contribution is 2.25. The zero-order valence-corrected chi connectivity index (χ0v) is 12.3. The largest absolute Gasteiger partial charge is 0.392 e. The van der Waals surface area contributed by atoms with Crippen molar-refractivity contribution >= 4 is 10.0 Å². The van der Waals surface area contributed by atoms with E-state index in [1.54, 1.807) is 19.1 Å². The summed E-state index contributed by atoms with van der Waals surface area (Å²) in [6.45, 7) is 1.69. The topological polar surface area (TPSA) is 57.6 Å². The van der Waals surface area contributed by atoms with E-state index in [2.05, 4.69) is 0 Å². The van der Waals surface area contributed by atoms with Crippen molar-refractivity contribution in [3.8, 4) is 0 Å². The third-order valence-electron chi connectivity index (χ3n) is 3.55. The molecule has 0 saturated carbocycles. The molecule has 0 saturated heterocycles. The van der Waals surface area contributed by atoms with E-state index in [0.717, 1.165) is 24.8 Å². The molecule has 0 amide bonds. The van der Waals surface area contributed by atoms with Gasteiger partial charge in [-0.3, -0.25) is 0 Å². The third-order valence-corrected chi connectivity index (χ3v) is 5.37. The van der Waals surface area contributed by atoms with Gasteiger partial charge in [0.15, 0.2) is 0 Å². The summed E-state index contributed by atoms with van der Waals surface area (Å²) in [5, 5.41) is 9.32. The molecule has 0 radical (unpaired) electrons. The maximum absolute atomic E-state index is 12.4. The first kappa shape index (κ1) is 14.5. The molecule has 1 aromatic rings. The van der Waals surface area contributed by atoms with Gasteiger partial charge in [-0.05, 0) is 55.9 Å². The SMILES string of the molecule is CC(O)CN(C)S(=O)(=O)c1ccc2c(c1)CCCC2. The van der Waals surface area contributed by atoms with Gasteiger partial charge in [0, 0.05) is 13.6 Å². The van der Waals surface area contributed by atoms with Crippen molar-refractivity contribution in [1.29, 1.82) is 0 Å². The van der Waals surface area contributed by atoms with Crippen LogP contribution in [0.4, 0.5) is 0 Å². The minimum atomic E-state index is -3.49. The molecule has 0 heterocycles. The van der Waals surface area contributed by atoms with Crippen LogP contribution in [0.15, 0.2) is 23.1 Å². The van der Waals surface area contributed by atoms with Gasteiger partial charge in [-0.2, -0.15) is 4.31 Å². The first-order chi connectivity index (χ1) is 8.91. The van der Waals surface area contributed by atoms with Gasteiger partial charge in [0.1, 0.15) is 0 Å². The second-order valence-electron chi connectivity index (χ2n) is 5.27. The van der Waals surface area contributed by atoms with Crippen LogP contribution in [0.1, 0.15) is 30.9 Å². The van der Waals surface area contributed by atoms with Crippen LogP contribution in [0.3, 0.4) is 0 Å². The molecule has 4 nitrogen and oxygen atoms in total. The Morgan fingerprint density at radius 1 is 1.26 bits per heavy atom. The molecule has 5 heteroatoms. The summed E-state index contributed by atoms with van der Waals surface area (Å²) in [4.78, 5) is 0.330. The van der Waals surface area contributed by atoms with Crippen molar-refractivity contribution in [2.75, 3.05) is 13.6 Å². The Morgan fingerprint density at radius 2 is 1.89 bits per heavy atom. The van der Waals surface area contributed by atoms with Crippen LogP contribution in [0.5, 0.6) is 0 Å². The smallest absolute Gasteiger partial charge is 0.242 e. The molecule has 0 aliphatic heterocycles. The number of aryl methyl sites for hydroxylation is 2. The van der Waals surface area contributed by atoms with E-state index in [9.17, 15) is 13.5 Å². The first-order valence-corrected chi connectivity index (χ1v) is 8.11. The molecule has 106 valence electrons. The average Bonchev–Trinajstić information content (AvgIpc) is 2.37. The Morgan fingerprint density at radius 3 is 2.53 bits per heavy atom. The maximum atomic E-state index is 12.4. The maximum Gasteiger partial charge on any atom is 0.242 e. The highest BCUT2D eigenvalue weighted by atomic mass is 32.2. The minimum absolute atomic E-state index is 0.111. The summed E-state index contributed by atoms with van der Waals surface area (Å²) in [5.74, 6) is 0. The zero-order chi connectivity index (χ0) is 14.0. The quantitative estimate of drug-likeness (QED) is 0.912. The van der Waals surface area contributed by atoms with E-state index < -0.39 is 16.1 Å². The van der Waals surface area contributed by atoms with Gasteiger partial charge in [-0.15, -0.1) is 0 Å². The van der Waals surface area contributed by atoms with Crippen LogP contribution < -0.4 is 0 Å². The fraction of sp³-hybridized carbons (Fsp3) is 0.571. The lowest BCUT2D eigenvalue weighted by Gasteiger charge is -2.21. The molecule has 1 unspecified atom stereocenters. The lowest BCUT2D eigenvalue weighted by atomic mass is 9.92. The normalized spacial score (nSPS) is 17.3. The molecule has 1 aromatic carbocycles. The van der Waals surface area contributed by atoms with Crippen molar-refractivity contribution in [2.24, 2.45) is 0 Å². The number of aliphatic hydroxyl groups is 1. The number of hydrogen-bond acceptors (Lipinski definition) is 3. The van der Waals surface area contributed by atoms with E-state index in [1.807, 2.05) is 6.07 Å². The van der Waals surface area contributed by atoms with Crippen LogP contribution in [0.25, 0.3) is 0 Å². The van der Waals surface area contributed by atoms with Crippen molar-refractivity contribution in [2.45, 2.75) is 43.6 Å². The number of aliphatic hydroxyl groups excluding tert-OH is 1. The summed E-state index contributed by atoms with van der Waals surface area (Å²) in [7, 11) is -1.99. The Bertz CT molecular complexity index is 552. The molecule has 1 N–H and O–H groups in total. The molecule has 0 bridgehead atoms. The summed E-state index contributed by atoms with van der Waals surface area (Å²) in [5.41, 5.74) is 2.42.